The smallest absolute Gasteiger partial charge is 0.255 e. The van der Waals surface area contributed by atoms with Crippen LogP contribution in [0.4, 0.5) is 0 Å². The number of nitrogens with one attached hydrogen (secondary N) is 1. The molecule has 0 spiro atoms. The first-order chi connectivity index (χ1) is 17.1. The van der Waals surface area contributed by atoms with Crippen molar-refractivity contribution in [1.29, 1.82) is 0 Å². The van der Waals surface area contributed by atoms with Crippen molar-refractivity contribution < 1.29 is 14.3 Å². The maximum atomic E-state index is 13.3. The van der Waals surface area contributed by atoms with Crippen LogP contribution in [-0.4, -0.2) is 5.91 Å². The van der Waals surface area contributed by atoms with E-state index in [9.17, 15) is 4.79 Å². The Morgan fingerprint density at radius 2 is 1.17 bits per heavy atom. The van der Waals surface area contributed by atoms with E-state index in [1.807, 2.05) is 103 Å². The Balaban J connectivity index is 1.62. The minimum Gasteiger partial charge on any atom is -0.488 e. The van der Waals surface area contributed by atoms with Crippen molar-refractivity contribution in [3.8, 4) is 11.5 Å². The van der Waals surface area contributed by atoms with E-state index in [0.717, 1.165) is 28.0 Å². The van der Waals surface area contributed by atoms with Gasteiger partial charge in [0, 0.05) is 12.6 Å². The highest BCUT2D eigenvalue weighted by Crippen LogP contribution is 2.35. The van der Waals surface area contributed by atoms with Crippen LogP contribution < -0.4 is 14.8 Å². The fourth-order valence-electron chi connectivity index (χ4n) is 3.80. The molecule has 0 unspecified atom stereocenters. The number of carbonyl (C=O) groups is 1. The van der Waals surface area contributed by atoms with Gasteiger partial charge in [-0.2, -0.15) is 0 Å². The SMILES string of the molecule is CC(C)c1cc(C(=O)NCc2ccccc2)c(OCc2ccccc2)cc1OCc1ccccc1. The molecular formula is C31H31NO3. The summed E-state index contributed by atoms with van der Waals surface area (Å²) in [5, 5.41) is 3.04. The second kappa shape index (κ2) is 11.9. The molecule has 35 heavy (non-hydrogen) atoms. The molecule has 0 saturated heterocycles. The van der Waals surface area contributed by atoms with Crippen LogP contribution >= 0.6 is 0 Å². The zero-order valence-corrected chi connectivity index (χ0v) is 20.2. The molecule has 4 rings (SSSR count). The normalized spacial score (nSPS) is 10.7. The predicted octanol–water partition coefficient (Wildman–Crippen LogP) is 6.90. The van der Waals surface area contributed by atoms with Gasteiger partial charge in [-0.25, -0.2) is 0 Å². The molecule has 4 aromatic rings. The lowest BCUT2D eigenvalue weighted by molar-refractivity contribution is 0.0946. The number of hydrogen-bond donors (Lipinski definition) is 1. The Kier molecular flexibility index (Phi) is 8.18. The lowest BCUT2D eigenvalue weighted by Crippen LogP contribution is -2.24. The number of hydrogen-bond acceptors (Lipinski definition) is 3. The Morgan fingerprint density at radius 1 is 0.686 bits per heavy atom. The molecule has 0 bridgehead atoms. The van der Waals surface area contributed by atoms with Gasteiger partial charge in [-0.3, -0.25) is 4.79 Å². The largest absolute Gasteiger partial charge is 0.488 e. The summed E-state index contributed by atoms with van der Waals surface area (Å²) in [6, 6.07) is 33.6. The summed E-state index contributed by atoms with van der Waals surface area (Å²) in [7, 11) is 0. The van der Waals surface area contributed by atoms with E-state index >= 15 is 0 Å². The maximum absolute atomic E-state index is 13.3. The Hall–Kier alpha value is -4.05. The molecule has 0 heterocycles. The summed E-state index contributed by atoms with van der Waals surface area (Å²) in [6.45, 7) is 5.44. The summed E-state index contributed by atoms with van der Waals surface area (Å²) < 4.78 is 12.4. The van der Waals surface area contributed by atoms with E-state index in [-0.39, 0.29) is 11.8 Å². The zero-order chi connectivity index (χ0) is 24.5. The number of carbonyl (C=O) groups excluding carboxylic acids is 1. The van der Waals surface area contributed by atoms with Gasteiger partial charge in [-0.05, 0) is 34.2 Å². The van der Waals surface area contributed by atoms with E-state index in [4.69, 9.17) is 9.47 Å². The second-order valence-electron chi connectivity index (χ2n) is 8.76. The molecule has 4 nitrogen and oxygen atoms in total. The summed E-state index contributed by atoms with van der Waals surface area (Å²) in [5.74, 6) is 1.23. The van der Waals surface area contributed by atoms with Crippen molar-refractivity contribution in [2.75, 3.05) is 0 Å². The Labute approximate surface area is 207 Å². The first-order valence-electron chi connectivity index (χ1n) is 11.9. The molecule has 0 aromatic heterocycles. The number of amides is 1. The third-order valence-electron chi connectivity index (χ3n) is 5.75. The second-order valence-corrected chi connectivity index (χ2v) is 8.76. The van der Waals surface area contributed by atoms with Crippen LogP contribution in [0.25, 0.3) is 0 Å². The molecule has 0 aliphatic carbocycles. The van der Waals surface area contributed by atoms with Gasteiger partial charge in [0.1, 0.15) is 24.7 Å². The lowest BCUT2D eigenvalue weighted by atomic mass is 9.98. The summed E-state index contributed by atoms with van der Waals surface area (Å²) in [5.41, 5.74) is 4.63. The van der Waals surface area contributed by atoms with Crippen LogP contribution in [0.1, 0.15) is 52.4 Å². The van der Waals surface area contributed by atoms with Gasteiger partial charge in [0.15, 0.2) is 0 Å². The van der Waals surface area contributed by atoms with Crippen molar-refractivity contribution in [1.82, 2.24) is 5.32 Å². The summed E-state index contributed by atoms with van der Waals surface area (Å²) in [4.78, 5) is 13.3. The fourth-order valence-corrected chi connectivity index (χ4v) is 3.80. The molecule has 0 fully saturated rings. The molecule has 0 aliphatic heterocycles. The first kappa shape index (κ1) is 24.1. The van der Waals surface area contributed by atoms with Crippen molar-refractivity contribution in [3.05, 3.63) is 131 Å². The summed E-state index contributed by atoms with van der Waals surface area (Å²) in [6.07, 6.45) is 0. The van der Waals surface area contributed by atoms with Gasteiger partial charge in [-0.1, -0.05) is 105 Å². The first-order valence-corrected chi connectivity index (χ1v) is 11.9. The molecule has 1 N–H and O–H groups in total. The highest BCUT2D eigenvalue weighted by molar-refractivity contribution is 5.97. The number of ether oxygens (including phenoxy) is 2. The van der Waals surface area contributed by atoms with Crippen molar-refractivity contribution >= 4 is 5.91 Å². The van der Waals surface area contributed by atoms with Crippen LogP contribution in [0.3, 0.4) is 0 Å². The molecule has 4 aromatic carbocycles. The molecule has 0 aliphatic rings. The molecule has 4 heteroatoms. The van der Waals surface area contributed by atoms with Crippen LogP contribution in [0.2, 0.25) is 0 Å². The monoisotopic (exact) mass is 465 g/mol. The van der Waals surface area contributed by atoms with Crippen LogP contribution in [0.15, 0.2) is 103 Å². The number of rotatable bonds is 10. The molecule has 0 radical (unpaired) electrons. The Morgan fingerprint density at radius 3 is 1.69 bits per heavy atom. The van der Waals surface area contributed by atoms with Crippen LogP contribution in [0, 0.1) is 0 Å². The fraction of sp³-hybridized carbons (Fsp3) is 0.194. The molecular weight excluding hydrogens is 434 g/mol. The van der Waals surface area contributed by atoms with Crippen LogP contribution in [0.5, 0.6) is 11.5 Å². The van der Waals surface area contributed by atoms with E-state index in [0.29, 0.717) is 31.1 Å². The molecule has 0 saturated carbocycles. The van der Waals surface area contributed by atoms with Gasteiger partial charge >= 0.3 is 0 Å². The third kappa shape index (κ3) is 6.73. The molecule has 1 amide bonds. The van der Waals surface area contributed by atoms with Gasteiger partial charge in [-0.15, -0.1) is 0 Å². The van der Waals surface area contributed by atoms with Crippen LogP contribution in [-0.2, 0) is 19.8 Å². The average Bonchev–Trinajstić information content (AvgIpc) is 2.90. The quantitative estimate of drug-likeness (QED) is 0.277. The summed E-state index contributed by atoms with van der Waals surface area (Å²) >= 11 is 0. The highest BCUT2D eigenvalue weighted by atomic mass is 16.5. The lowest BCUT2D eigenvalue weighted by Gasteiger charge is -2.19. The zero-order valence-electron chi connectivity index (χ0n) is 20.2. The standard InChI is InChI=1S/C31H31NO3/c1-23(2)27-18-28(31(33)32-20-24-12-6-3-7-13-24)30(35-22-26-16-10-5-11-17-26)19-29(27)34-21-25-14-8-4-9-15-25/h3-19,23H,20-22H2,1-2H3,(H,32,33). The topological polar surface area (TPSA) is 47.6 Å². The third-order valence-corrected chi connectivity index (χ3v) is 5.75. The highest BCUT2D eigenvalue weighted by Gasteiger charge is 2.20. The maximum Gasteiger partial charge on any atom is 0.255 e. The average molecular weight is 466 g/mol. The van der Waals surface area contributed by atoms with E-state index in [1.54, 1.807) is 0 Å². The predicted molar refractivity (Wildman–Crippen MR) is 140 cm³/mol. The van der Waals surface area contributed by atoms with E-state index in [2.05, 4.69) is 19.2 Å². The van der Waals surface area contributed by atoms with Gasteiger partial charge < -0.3 is 14.8 Å². The van der Waals surface area contributed by atoms with E-state index in [1.165, 1.54) is 0 Å². The van der Waals surface area contributed by atoms with Crippen molar-refractivity contribution in [3.63, 3.8) is 0 Å². The van der Waals surface area contributed by atoms with Crippen molar-refractivity contribution in [2.45, 2.75) is 39.5 Å². The van der Waals surface area contributed by atoms with E-state index < -0.39 is 0 Å². The Bertz CT molecular complexity index is 1220. The number of benzene rings is 4. The van der Waals surface area contributed by atoms with Gasteiger partial charge in [0.2, 0.25) is 0 Å². The molecule has 0 atom stereocenters. The minimum atomic E-state index is -0.173. The molecule has 178 valence electrons. The minimum absolute atomic E-state index is 0.171. The van der Waals surface area contributed by atoms with Crippen molar-refractivity contribution in [2.24, 2.45) is 0 Å². The van der Waals surface area contributed by atoms with Gasteiger partial charge in [0.25, 0.3) is 5.91 Å². The van der Waals surface area contributed by atoms with Gasteiger partial charge in [0.05, 0.1) is 5.56 Å².